The van der Waals surface area contributed by atoms with Crippen molar-refractivity contribution >= 4 is 0 Å². The number of hydrogen-bond acceptors (Lipinski definition) is 1. The Kier molecular flexibility index (Phi) is 3.89. The van der Waals surface area contributed by atoms with Crippen LogP contribution in [0.15, 0.2) is 0 Å². The van der Waals surface area contributed by atoms with E-state index in [1.54, 1.807) is 0 Å². The summed E-state index contributed by atoms with van der Waals surface area (Å²) >= 11 is 0. The van der Waals surface area contributed by atoms with Gasteiger partial charge in [0, 0.05) is 13.0 Å². The van der Waals surface area contributed by atoms with E-state index in [1.807, 2.05) is 0 Å². The molecular weight excluding hydrogens is 100 g/mol. The third kappa shape index (κ3) is 3.66. The van der Waals surface area contributed by atoms with Gasteiger partial charge >= 0.3 is 0 Å². The van der Waals surface area contributed by atoms with Crippen molar-refractivity contribution in [1.29, 1.82) is 0 Å². The summed E-state index contributed by atoms with van der Waals surface area (Å²) in [4.78, 5) is 0. The number of hydrogen-bond donors (Lipinski definition) is 1. The second-order valence-electron chi connectivity index (χ2n) is 1.31. The van der Waals surface area contributed by atoms with Crippen LogP contribution in [0.25, 0.3) is 0 Å². The molecule has 0 bridgehead atoms. The van der Waals surface area contributed by atoms with Crippen molar-refractivity contribution in [3.05, 3.63) is 0 Å². The van der Waals surface area contributed by atoms with Crippen LogP contribution in [-0.2, 0) is 0 Å². The highest BCUT2D eigenvalue weighted by Crippen LogP contribution is 1.93. The van der Waals surface area contributed by atoms with Crippen LogP contribution in [0.1, 0.15) is 6.42 Å². The number of alkyl halides is 2. The van der Waals surface area contributed by atoms with E-state index in [9.17, 15) is 8.78 Å². The SMILES string of the molecule is NCC(F)CCF. The molecule has 0 aliphatic rings. The average Bonchev–Trinajstić information content (AvgIpc) is 1.68. The van der Waals surface area contributed by atoms with Gasteiger partial charge in [-0.25, -0.2) is 4.39 Å². The Bertz CT molecular complexity index is 40.7. The van der Waals surface area contributed by atoms with Crippen molar-refractivity contribution in [3.8, 4) is 0 Å². The van der Waals surface area contributed by atoms with Gasteiger partial charge in [-0.15, -0.1) is 0 Å². The first-order valence-corrected chi connectivity index (χ1v) is 2.21. The molecule has 1 unspecified atom stereocenters. The second-order valence-corrected chi connectivity index (χ2v) is 1.31. The molecule has 0 heterocycles. The summed E-state index contributed by atoms with van der Waals surface area (Å²) < 4.78 is 22.9. The first kappa shape index (κ1) is 6.82. The Morgan fingerprint density at radius 3 is 2.29 bits per heavy atom. The van der Waals surface area contributed by atoms with Gasteiger partial charge in [-0.1, -0.05) is 0 Å². The summed E-state index contributed by atoms with van der Waals surface area (Å²) in [6.45, 7) is -0.678. The quantitative estimate of drug-likeness (QED) is 0.565. The van der Waals surface area contributed by atoms with E-state index in [2.05, 4.69) is 0 Å². The van der Waals surface area contributed by atoms with E-state index in [0.29, 0.717) is 0 Å². The van der Waals surface area contributed by atoms with Crippen LogP contribution in [0, 0.1) is 0 Å². The van der Waals surface area contributed by atoms with Crippen molar-refractivity contribution in [1.82, 2.24) is 0 Å². The average molecular weight is 109 g/mol. The third-order valence-corrected chi connectivity index (χ3v) is 0.678. The normalized spacial score (nSPS) is 14.1. The summed E-state index contributed by atoms with van der Waals surface area (Å²) in [5, 5.41) is 0. The smallest absolute Gasteiger partial charge is 0.115 e. The summed E-state index contributed by atoms with van der Waals surface area (Å²) in [6, 6.07) is 0. The molecule has 2 N–H and O–H groups in total. The molecule has 0 amide bonds. The topological polar surface area (TPSA) is 26.0 Å². The monoisotopic (exact) mass is 109 g/mol. The van der Waals surface area contributed by atoms with E-state index in [1.165, 1.54) is 0 Å². The molecule has 0 saturated heterocycles. The van der Waals surface area contributed by atoms with Crippen LogP contribution in [0.2, 0.25) is 0 Å². The van der Waals surface area contributed by atoms with Crippen LogP contribution < -0.4 is 5.73 Å². The number of halogens is 2. The molecule has 0 rings (SSSR count). The van der Waals surface area contributed by atoms with Gasteiger partial charge in [0.15, 0.2) is 0 Å². The number of nitrogens with two attached hydrogens (primary N) is 1. The molecule has 0 aliphatic heterocycles. The lowest BCUT2D eigenvalue weighted by molar-refractivity contribution is 0.290. The highest BCUT2D eigenvalue weighted by atomic mass is 19.1. The zero-order valence-electron chi connectivity index (χ0n) is 4.03. The molecular formula is C4H9F2N. The Labute approximate surface area is 41.5 Å². The highest BCUT2D eigenvalue weighted by molar-refractivity contribution is 4.53. The Morgan fingerprint density at radius 2 is 2.14 bits per heavy atom. The molecule has 0 aromatic heterocycles. The maximum Gasteiger partial charge on any atom is 0.115 e. The minimum atomic E-state index is -1.15. The van der Waals surface area contributed by atoms with Crippen LogP contribution in [0.4, 0.5) is 8.78 Å². The molecule has 3 heteroatoms. The van der Waals surface area contributed by atoms with Gasteiger partial charge in [-0.3, -0.25) is 4.39 Å². The second kappa shape index (κ2) is 3.99. The van der Waals surface area contributed by atoms with Gasteiger partial charge in [-0.2, -0.15) is 0 Å². The minimum absolute atomic E-state index is 0.0590. The fraction of sp³-hybridized carbons (Fsp3) is 1.00. The van der Waals surface area contributed by atoms with Gasteiger partial charge in [0.1, 0.15) is 6.17 Å². The molecule has 0 saturated carbocycles. The molecule has 0 aromatic carbocycles. The van der Waals surface area contributed by atoms with Crippen LogP contribution >= 0.6 is 0 Å². The van der Waals surface area contributed by atoms with E-state index >= 15 is 0 Å². The predicted octanol–water partition coefficient (Wildman–Crippen LogP) is 0.643. The minimum Gasteiger partial charge on any atom is -0.328 e. The van der Waals surface area contributed by atoms with E-state index in [4.69, 9.17) is 5.73 Å². The molecule has 1 atom stereocenters. The summed E-state index contributed by atoms with van der Waals surface area (Å²) in [5.41, 5.74) is 4.82. The summed E-state index contributed by atoms with van der Waals surface area (Å²) in [7, 11) is 0. The largest absolute Gasteiger partial charge is 0.328 e. The van der Waals surface area contributed by atoms with Gasteiger partial charge < -0.3 is 5.73 Å². The maximum atomic E-state index is 11.8. The lowest BCUT2D eigenvalue weighted by Crippen LogP contribution is -2.15. The van der Waals surface area contributed by atoms with Crippen molar-refractivity contribution in [2.45, 2.75) is 12.6 Å². The van der Waals surface area contributed by atoms with E-state index < -0.39 is 12.8 Å². The Balaban J connectivity index is 2.83. The van der Waals surface area contributed by atoms with Crippen LogP contribution in [0.3, 0.4) is 0 Å². The van der Waals surface area contributed by atoms with Crippen molar-refractivity contribution in [2.24, 2.45) is 5.73 Å². The maximum absolute atomic E-state index is 11.8. The first-order chi connectivity index (χ1) is 3.31. The van der Waals surface area contributed by atoms with E-state index in [0.717, 1.165) is 0 Å². The lowest BCUT2D eigenvalue weighted by Gasteiger charge is -1.96. The molecule has 44 valence electrons. The van der Waals surface area contributed by atoms with Crippen molar-refractivity contribution in [3.63, 3.8) is 0 Å². The van der Waals surface area contributed by atoms with Crippen molar-refractivity contribution < 1.29 is 8.78 Å². The van der Waals surface area contributed by atoms with Gasteiger partial charge in [0.05, 0.1) is 6.67 Å². The molecule has 1 nitrogen and oxygen atoms in total. The molecule has 0 fully saturated rings. The highest BCUT2D eigenvalue weighted by Gasteiger charge is 1.99. The van der Waals surface area contributed by atoms with Gasteiger partial charge in [0.25, 0.3) is 0 Å². The summed E-state index contributed by atoms with van der Waals surface area (Å²) in [6.07, 6.45) is -1.21. The third-order valence-electron chi connectivity index (χ3n) is 0.678. The molecule has 0 aromatic rings. The Morgan fingerprint density at radius 1 is 1.57 bits per heavy atom. The zero-order chi connectivity index (χ0) is 5.70. The lowest BCUT2D eigenvalue weighted by atomic mass is 10.3. The van der Waals surface area contributed by atoms with Crippen LogP contribution in [0.5, 0.6) is 0 Å². The molecule has 7 heavy (non-hydrogen) atoms. The van der Waals surface area contributed by atoms with Gasteiger partial charge in [0.2, 0.25) is 0 Å². The first-order valence-electron chi connectivity index (χ1n) is 2.21. The molecule has 0 spiro atoms. The number of rotatable bonds is 3. The standard InChI is InChI=1S/C4H9F2N/c5-2-1-4(6)3-7/h4H,1-3,7H2. The van der Waals surface area contributed by atoms with Crippen molar-refractivity contribution in [2.75, 3.05) is 13.2 Å². The fourth-order valence-corrected chi connectivity index (χ4v) is 0.236. The zero-order valence-corrected chi connectivity index (χ0v) is 4.03. The molecule has 0 radical (unpaired) electrons. The van der Waals surface area contributed by atoms with Crippen LogP contribution in [-0.4, -0.2) is 19.4 Å². The predicted molar refractivity (Wildman–Crippen MR) is 24.5 cm³/mol. The van der Waals surface area contributed by atoms with E-state index in [-0.39, 0.29) is 13.0 Å². The summed E-state index contributed by atoms with van der Waals surface area (Å²) in [5.74, 6) is 0. The molecule has 0 aliphatic carbocycles. The van der Waals surface area contributed by atoms with Gasteiger partial charge in [-0.05, 0) is 0 Å². The Hall–Kier alpha value is -0.180. The fourth-order valence-electron chi connectivity index (χ4n) is 0.236.